The highest BCUT2D eigenvalue weighted by Gasteiger charge is 2.13. The van der Waals surface area contributed by atoms with Crippen LogP contribution in [0.15, 0.2) is 18.2 Å². The van der Waals surface area contributed by atoms with Gasteiger partial charge >= 0.3 is 0 Å². The molecule has 5 nitrogen and oxygen atoms in total. The van der Waals surface area contributed by atoms with Crippen molar-refractivity contribution in [2.75, 3.05) is 25.5 Å². The van der Waals surface area contributed by atoms with E-state index in [1.807, 2.05) is 6.92 Å². The Labute approximate surface area is 117 Å². The Morgan fingerprint density at radius 2 is 2.05 bits per heavy atom. The SMILES string of the molecule is CCNC(=O)c1ccc(Cl)cc1NC(=O)CCNC. The molecule has 0 aliphatic carbocycles. The standard InChI is InChI=1S/C13H18ClN3O2/c1-3-16-13(19)10-5-4-9(14)8-11(10)17-12(18)6-7-15-2/h4-5,8,15H,3,6-7H2,1-2H3,(H,16,19)(H,17,18). The van der Waals surface area contributed by atoms with Gasteiger partial charge in [-0.3, -0.25) is 9.59 Å². The first-order valence-electron chi connectivity index (χ1n) is 6.10. The second-order valence-corrected chi connectivity index (χ2v) is 4.39. The van der Waals surface area contributed by atoms with Gasteiger partial charge in [0.1, 0.15) is 0 Å². The van der Waals surface area contributed by atoms with E-state index in [0.29, 0.717) is 35.8 Å². The molecule has 0 bridgehead atoms. The van der Waals surface area contributed by atoms with Gasteiger partial charge < -0.3 is 16.0 Å². The predicted octanol–water partition coefficient (Wildman–Crippen LogP) is 1.64. The molecule has 0 heterocycles. The summed E-state index contributed by atoms with van der Waals surface area (Å²) in [6, 6.07) is 4.79. The lowest BCUT2D eigenvalue weighted by molar-refractivity contribution is -0.116. The minimum atomic E-state index is -0.233. The summed E-state index contributed by atoms with van der Waals surface area (Å²) in [5.74, 6) is -0.398. The zero-order chi connectivity index (χ0) is 14.3. The lowest BCUT2D eigenvalue weighted by Gasteiger charge is -2.11. The molecule has 0 aliphatic heterocycles. The first-order chi connectivity index (χ1) is 9.08. The summed E-state index contributed by atoms with van der Waals surface area (Å²) in [6.07, 6.45) is 0.331. The van der Waals surface area contributed by atoms with Crippen molar-refractivity contribution in [2.45, 2.75) is 13.3 Å². The van der Waals surface area contributed by atoms with Crippen LogP contribution in [0.3, 0.4) is 0 Å². The summed E-state index contributed by atoms with van der Waals surface area (Å²) in [7, 11) is 1.77. The third-order valence-corrected chi connectivity index (χ3v) is 2.67. The van der Waals surface area contributed by atoms with Crippen molar-refractivity contribution in [1.29, 1.82) is 0 Å². The predicted molar refractivity (Wildman–Crippen MR) is 76.6 cm³/mol. The molecule has 0 radical (unpaired) electrons. The number of hydrogen-bond donors (Lipinski definition) is 3. The van der Waals surface area contributed by atoms with Crippen LogP contribution < -0.4 is 16.0 Å². The van der Waals surface area contributed by atoms with Gasteiger partial charge in [0.15, 0.2) is 0 Å². The van der Waals surface area contributed by atoms with Crippen molar-refractivity contribution < 1.29 is 9.59 Å². The van der Waals surface area contributed by atoms with Gasteiger partial charge in [0.05, 0.1) is 11.3 Å². The van der Waals surface area contributed by atoms with Crippen molar-refractivity contribution in [2.24, 2.45) is 0 Å². The maximum absolute atomic E-state index is 11.9. The van der Waals surface area contributed by atoms with Crippen molar-refractivity contribution in [3.8, 4) is 0 Å². The Morgan fingerprint density at radius 3 is 2.68 bits per heavy atom. The first kappa shape index (κ1) is 15.5. The van der Waals surface area contributed by atoms with E-state index in [-0.39, 0.29) is 11.8 Å². The molecule has 1 rings (SSSR count). The van der Waals surface area contributed by atoms with Gasteiger partial charge in [-0.05, 0) is 32.2 Å². The zero-order valence-electron chi connectivity index (χ0n) is 11.0. The first-order valence-corrected chi connectivity index (χ1v) is 6.48. The summed E-state index contributed by atoms with van der Waals surface area (Å²) in [5.41, 5.74) is 0.837. The van der Waals surface area contributed by atoms with Crippen molar-refractivity contribution in [1.82, 2.24) is 10.6 Å². The van der Waals surface area contributed by atoms with Gasteiger partial charge in [0, 0.05) is 24.5 Å². The fourth-order valence-electron chi connectivity index (χ4n) is 1.52. The average molecular weight is 284 g/mol. The Morgan fingerprint density at radius 1 is 1.32 bits per heavy atom. The number of anilines is 1. The number of carbonyl (C=O) groups excluding carboxylic acids is 2. The summed E-state index contributed by atoms with van der Waals surface area (Å²) in [4.78, 5) is 23.5. The molecule has 1 aromatic rings. The van der Waals surface area contributed by atoms with Gasteiger partial charge in [-0.2, -0.15) is 0 Å². The summed E-state index contributed by atoms with van der Waals surface area (Å²) in [5, 5.41) is 8.75. The van der Waals surface area contributed by atoms with Crippen molar-refractivity contribution in [3.05, 3.63) is 28.8 Å². The number of halogens is 1. The molecule has 0 spiro atoms. The molecular formula is C13H18ClN3O2. The highest BCUT2D eigenvalue weighted by atomic mass is 35.5. The number of rotatable bonds is 6. The maximum atomic E-state index is 11.9. The molecule has 6 heteroatoms. The molecule has 0 unspecified atom stereocenters. The van der Waals surface area contributed by atoms with Gasteiger partial charge in [-0.25, -0.2) is 0 Å². The molecule has 0 atom stereocenters. The Kier molecular flexibility index (Phi) is 6.32. The van der Waals surface area contributed by atoms with Gasteiger partial charge in [-0.1, -0.05) is 11.6 Å². The van der Waals surface area contributed by atoms with E-state index in [1.54, 1.807) is 25.2 Å². The molecule has 104 valence electrons. The van der Waals surface area contributed by atoms with Gasteiger partial charge in [0.2, 0.25) is 5.91 Å². The second kappa shape index (κ2) is 7.76. The third-order valence-electron chi connectivity index (χ3n) is 2.44. The fraction of sp³-hybridized carbons (Fsp3) is 0.385. The summed E-state index contributed by atoms with van der Waals surface area (Å²) < 4.78 is 0. The van der Waals surface area contributed by atoms with Crippen LogP contribution in [0.2, 0.25) is 5.02 Å². The average Bonchev–Trinajstić information content (AvgIpc) is 2.36. The number of hydrogen-bond acceptors (Lipinski definition) is 3. The maximum Gasteiger partial charge on any atom is 0.253 e. The molecule has 0 fully saturated rings. The molecule has 3 N–H and O–H groups in total. The molecule has 19 heavy (non-hydrogen) atoms. The largest absolute Gasteiger partial charge is 0.352 e. The topological polar surface area (TPSA) is 70.2 Å². The molecule has 0 saturated carbocycles. The van der Waals surface area contributed by atoms with Gasteiger partial charge in [-0.15, -0.1) is 0 Å². The van der Waals surface area contributed by atoms with E-state index < -0.39 is 0 Å². The van der Waals surface area contributed by atoms with Gasteiger partial charge in [0.25, 0.3) is 5.91 Å². The molecule has 0 aliphatic rings. The van der Waals surface area contributed by atoms with E-state index in [2.05, 4.69) is 16.0 Å². The minimum absolute atomic E-state index is 0.165. The molecule has 2 amide bonds. The number of nitrogens with one attached hydrogen (secondary N) is 3. The Hall–Kier alpha value is -1.59. The van der Waals surface area contributed by atoms with Crippen molar-refractivity contribution in [3.63, 3.8) is 0 Å². The van der Waals surface area contributed by atoms with E-state index in [9.17, 15) is 9.59 Å². The summed E-state index contributed by atoms with van der Waals surface area (Å²) >= 11 is 5.89. The highest BCUT2D eigenvalue weighted by Crippen LogP contribution is 2.21. The molecule has 1 aromatic carbocycles. The smallest absolute Gasteiger partial charge is 0.253 e. The van der Waals surface area contributed by atoms with Crippen LogP contribution in [0.4, 0.5) is 5.69 Å². The van der Waals surface area contributed by atoms with Crippen LogP contribution in [0, 0.1) is 0 Å². The van der Waals surface area contributed by atoms with E-state index in [4.69, 9.17) is 11.6 Å². The lowest BCUT2D eigenvalue weighted by Crippen LogP contribution is -2.25. The van der Waals surface area contributed by atoms with Crippen LogP contribution in [-0.2, 0) is 4.79 Å². The second-order valence-electron chi connectivity index (χ2n) is 3.95. The van der Waals surface area contributed by atoms with Crippen LogP contribution in [0.5, 0.6) is 0 Å². The number of amides is 2. The zero-order valence-corrected chi connectivity index (χ0v) is 11.8. The molecule has 0 aromatic heterocycles. The minimum Gasteiger partial charge on any atom is -0.352 e. The van der Waals surface area contributed by atoms with Crippen LogP contribution in [-0.4, -0.2) is 32.0 Å². The fourth-order valence-corrected chi connectivity index (χ4v) is 1.70. The normalized spacial score (nSPS) is 10.1. The van der Waals surface area contributed by atoms with E-state index in [0.717, 1.165) is 0 Å². The van der Waals surface area contributed by atoms with E-state index in [1.165, 1.54) is 0 Å². The molecular weight excluding hydrogens is 266 g/mol. The van der Waals surface area contributed by atoms with E-state index >= 15 is 0 Å². The summed E-state index contributed by atoms with van der Waals surface area (Å²) in [6.45, 7) is 2.93. The quantitative estimate of drug-likeness (QED) is 0.743. The molecule has 0 saturated heterocycles. The van der Waals surface area contributed by atoms with Crippen LogP contribution in [0.25, 0.3) is 0 Å². The Bertz CT molecular complexity index is 463. The lowest BCUT2D eigenvalue weighted by atomic mass is 10.1. The Balaban J connectivity index is 2.88. The monoisotopic (exact) mass is 283 g/mol. The van der Waals surface area contributed by atoms with Crippen LogP contribution >= 0.6 is 11.6 Å². The number of carbonyl (C=O) groups is 2. The number of benzene rings is 1. The van der Waals surface area contributed by atoms with Crippen molar-refractivity contribution >= 4 is 29.1 Å². The van der Waals surface area contributed by atoms with Crippen LogP contribution in [0.1, 0.15) is 23.7 Å². The third kappa shape index (κ3) is 4.89. The highest BCUT2D eigenvalue weighted by molar-refractivity contribution is 6.31.